The first-order valence-electron chi connectivity index (χ1n) is 9.37. The third kappa shape index (κ3) is 13.9. The van der Waals surface area contributed by atoms with Crippen LogP contribution in [0.1, 0.15) is 77.6 Å². The highest BCUT2D eigenvalue weighted by Crippen LogP contribution is 2.19. The number of hydrogen-bond acceptors (Lipinski definition) is 4. The first-order valence-corrected chi connectivity index (χ1v) is 9.37. The Balaban J connectivity index is 0. The summed E-state index contributed by atoms with van der Waals surface area (Å²) in [4.78, 5) is 23.2. The van der Waals surface area contributed by atoms with Gasteiger partial charge in [-0.2, -0.15) is 0 Å². The van der Waals surface area contributed by atoms with Crippen LogP contribution < -0.4 is 5.11 Å². The number of hydrogen-bond donors (Lipinski definition) is 1. The number of Topliss-reactive ketones (excluding diaryl/α,β-unsaturated/α-hetero) is 1. The van der Waals surface area contributed by atoms with Crippen LogP contribution in [0.15, 0.2) is 0 Å². The van der Waals surface area contributed by atoms with E-state index in [9.17, 15) is 19.8 Å². The van der Waals surface area contributed by atoms with E-state index in [0.29, 0.717) is 10.9 Å². The van der Waals surface area contributed by atoms with Gasteiger partial charge in [-0.3, -0.25) is 4.79 Å². The molecule has 0 saturated carbocycles. The van der Waals surface area contributed by atoms with Gasteiger partial charge in [-0.1, -0.05) is 58.3 Å². The van der Waals surface area contributed by atoms with Gasteiger partial charge in [0.25, 0.3) is 0 Å². The summed E-state index contributed by atoms with van der Waals surface area (Å²) in [5.74, 6) is -1.76. The molecular weight excluding hydrogens is 322 g/mol. The summed E-state index contributed by atoms with van der Waals surface area (Å²) in [7, 11) is 5.48. The van der Waals surface area contributed by atoms with Gasteiger partial charge in [0.2, 0.25) is 0 Å². The average molecular weight is 362 g/mol. The lowest BCUT2D eigenvalue weighted by Crippen LogP contribution is -2.56. The highest BCUT2D eigenvalue weighted by Gasteiger charge is 2.40. The number of carboxylic acid groups (broad SMARTS) is 1. The molecule has 0 amide bonds. The highest BCUT2D eigenvalue weighted by molar-refractivity contribution is 5.90. The molecule has 0 saturated heterocycles. The van der Waals surface area contributed by atoms with Gasteiger partial charge in [-0.25, -0.2) is 0 Å². The minimum Gasteiger partial charge on any atom is -0.550 e. The Morgan fingerprint density at radius 2 is 1.36 bits per heavy atom. The summed E-state index contributed by atoms with van der Waals surface area (Å²) in [5, 5.41) is 21.4. The van der Waals surface area contributed by atoms with Crippen molar-refractivity contribution in [2.45, 2.75) is 83.2 Å². The predicted octanol–water partition coefficient (Wildman–Crippen LogP) is 1.23. The fraction of sp³-hybridized carbons (Fsp3) is 0.895. The number of ketones is 1. The van der Waals surface area contributed by atoms with Gasteiger partial charge in [0.1, 0.15) is 6.54 Å². The first kappa shape index (κ1) is 26.3. The minimum atomic E-state index is -1.82. The molecule has 0 fully saturated rings. The van der Waals surface area contributed by atoms with Crippen LogP contribution in [0.3, 0.4) is 0 Å². The van der Waals surface area contributed by atoms with Crippen LogP contribution in [0, 0.1) is 0 Å². The van der Waals surface area contributed by atoms with E-state index in [4.69, 9.17) is 0 Å². The third-order valence-corrected chi connectivity index (χ3v) is 4.20. The van der Waals surface area contributed by atoms with E-state index in [2.05, 4.69) is 6.92 Å². The van der Waals surface area contributed by atoms with E-state index in [1.807, 2.05) is 21.1 Å². The number of unbranched alkanes of at least 4 members (excludes halogenated alkanes) is 8. The molecule has 150 valence electrons. The Bertz CT molecular complexity index is 379. The van der Waals surface area contributed by atoms with E-state index in [-0.39, 0.29) is 24.2 Å². The molecule has 0 radical (unpaired) electrons. The maximum atomic E-state index is 12.3. The van der Waals surface area contributed by atoms with Crippen molar-refractivity contribution in [2.75, 3.05) is 27.7 Å². The van der Waals surface area contributed by atoms with Crippen LogP contribution in [0.4, 0.5) is 0 Å². The van der Waals surface area contributed by atoms with E-state index in [0.717, 1.165) is 12.8 Å². The van der Waals surface area contributed by atoms with Gasteiger partial charge in [-0.15, -0.1) is 0 Å². The second-order valence-corrected chi connectivity index (χ2v) is 8.03. The van der Waals surface area contributed by atoms with Gasteiger partial charge in [-0.05, 0) is 6.42 Å². The first-order chi connectivity index (χ1) is 11.1. The van der Waals surface area contributed by atoms with Gasteiger partial charge >= 0.3 is 0 Å². The van der Waals surface area contributed by atoms with Crippen molar-refractivity contribution in [2.24, 2.45) is 0 Å². The zero-order chi connectivity index (χ0) is 18.6. The van der Waals surface area contributed by atoms with Crippen LogP contribution >= 0.6 is 0 Å². The monoisotopic (exact) mass is 361 g/mol. The Morgan fingerprint density at radius 3 is 1.76 bits per heavy atom. The van der Waals surface area contributed by atoms with E-state index >= 15 is 0 Å². The SMILES string of the molecule is CCCCCCCCCCCC(=O)[C@@](O)(CC(=O)[O-])C[N+](C)(C)C.O. The number of carbonyl (C=O) groups is 2. The van der Waals surface area contributed by atoms with Crippen LogP contribution in [0.2, 0.25) is 0 Å². The summed E-state index contributed by atoms with van der Waals surface area (Å²) in [6.45, 7) is 2.29. The predicted molar refractivity (Wildman–Crippen MR) is 97.9 cm³/mol. The number of rotatable bonds is 15. The number of quaternary nitrogens is 1. The van der Waals surface area contributed by atoms with Crippen molar-refractivity contribution in [3.63, 3.8) is 0 Å². The Labute approximate surface area is 153 Å². The third-order valence-electron chi connectivity index (χ3n) is 4.20. The van der Waals surface area contributed by atoms with E-state index in [1.165, 1.54) is 38.5 Å². The molecule has 0 heterocycles. The Kier molecular flexibility index (Phi) is 13.9. The normalized spacial score (nSPS) is 13.8. The molecule has 0 aliphatic rings. The second kappa shape index (κ2) is 13.3. The molecule has 0 spiro atoms. The molecular formula is C19H39NO5. The lowest BCUT2D eigenvalue weighted by molar-refractivity contribution is -0.875. The van der Waals surface area contributed by atoms with Gasteiger partial charge in [0.15, 0.2) is 11.4 Å². The number of nitrogens with zero attached hydrogens (tertiary/aromatic N) is 1. The quantitative estimate of drug-likeness (QED) is 0.349. The number of carboxylic acids is 1. The number of aliphatic carboxylic acids is 1. The largest absolute Gasteiger partial charge is 0.550 e. The Morgan fingerprint density at radius 1 is 0.920 bits per heavy atom. The van der Waals surface area contributed by atoms with E-state index < -0.39 is 18.0 Å². The van der Waals surface area contributed by atoms with Crippen LogP contribution in [0.25, 0.3) is 0 Å². The molecule has 0 aliphatic carbocycles. The van der Waals surface area contributed by atoms with Gasteiger partial charge in [0, 0.05) is 18.8 Å². The molecule has 25 heavy (non-hydrogen) atoms. The summed E-state index contributed by atoms with van der Waals surface area (Å²) in [6, 6.07) is 0. The molecule has 0 aromatic rings. The summed E-state index contributed by atoms with van der Waals surface area (Å²) >= 11 is 0. The molecule has 0 aromatic carbocycles. The Hall–Kier alpha value is -0.980. The van der Waals surface area contributed by atoms with Crippen LogP contribution in [0.5, 0.6) is 0 Å². The van der Waals surface area contributed by atoms with Gasteiger partial charge in [0.05, 0.1) is 21.1 Å². The van der Waals surface area contributed by atoms with E-state index in [1.54, 1.807) is 0 Å². The fourth-order valence-corrected chi connectivity index (χ4v) is 3.10. The molecule has 3 N–H and O–H groups in total. The standard InChI is InChI=1S/C19H37NO4.H2O/c1-5-6-7-8-9-10-11-12-13-14-17(21)19(24,15-18(22)23)16-20(2,3)4;/h24H,5-16H2,1-4H3;1H2/t19-;/m1./s1. The fourth-order valence-electron chi connectivity index (χ4n) is 3.10. The zero-order valence-corrected chi connectivity index (χ0v) is 16.6. The topological polar surface area (TPSA) is 109 Å². The van der Waals surface area contributed by atoms with Crippen molar-refractivity contribution < 1.29 is 29.8 Å². The summed E-state index contributed by atoms with van der Waals surface area (Å²) in [6.07, 6.45) is 9.92. The lowest BCUT2D eigenvalue weighted by Gasteiger charge is -2.34. The van der Waals surface area contributed by atoms with Crippen molar-refractivity contribution in [3.8, 4) is 0 Å². The molecule has 0 bridgehead atoms. The highest BCUT2D eigenvalue weighted by atomic mass is 16.4. The molecule has 0 rings (SSSR count). The van der Waals surface area contributed by atoms with Gasteiger partial charge < -0.3 is 25.0 Å². The lowest BCUT2D eigenvalue weighted by atomic mass is 9.89. The molecule has 6 nitrogen and oxygen atoms in total. The zero-order valence-electron chi connectivity index (χ0n) is 16.6. The molecule has 0 aromatic heterocycles. The number of aliphatic hydroxyl groups is 1. The summed E-state index contributed by atoms with van der Waals surface area (Å²) in [5.41, 5.74) is -1.82. The molecule has 0 unspecified atom stereocenters. The average Bonchev–Trinajstić information content (AvgIpc) is 2.42. The van der Waals surface area contributed by atoms with Crippen LogP contribution in [-0.4, -0.2) is 60.1 Å². The van der Waals surface area contributed by atoms with Crippen molar-refractivity contribution in [1.29, 1.82) is 0 Å². The maximum absolute atomic E-state index is 12.3. The molecule has 1 atom stereocenters. The van der Waals surface area contributed by atoms with Crippen molar-refractivity contribution >= 4 is 11.8 Å². The molecule has 0 aliphatic heterocycles. The van der Waals surface area contributed by atoms with Crippen LogP contribution in [-0.2, 0) is 9.59 Å². The number of likely N-dealkylation sites (N-methyl/N-ethyl adjacent to an activating group) is 1. The second-order valence-electron chi connectivity index (χ2n) is 8.03. The number of carbonyl (C=O) groups excluding carboxylic acids is 2. The minimum absolute atomic E-state index is 0. The summed E-state index contributed by atoms with van der Waals surface area (Å²) < 4.78 is 0.327. The van der Waals surface area contributed by atoms with Crippen molar-refractivity contribution in [1.82, 2.24) is 0 Å². The smallest absolute Gasteiger partial charge is 0.177 e. The maximum Gasteiger partial charge on any atom is 0.177 e. The van der Waals surface area contributed by atoms with Crippen molar-refractivity contribution in [3.05, 3.63) is 0 Å². The molecule has 6 heteroatoms.